The van der Waals surface area contributed by atoms with Crippen molar-refractivity contribution in [1.82, 2.24) is 25.4 Å². The third kappa shape index (κ3) is 5.04. The number of guanidine groups is 1. The minimum atomic E-state index is -0.162. The van der Waals surface area contributed by atoms with Gasteiger partial charge < -0.3 is 20.1 Å². The number of methoxy groups -OCH3 is 2. The molecule has 1 aliphatic heterocycles. The van der Waals surface area contributed by atoms with Gasteiger partial charge in [-0.15, -0.1) is 0 Å². The van der Waals surface area contributed by atoms with E-state index in [1.165, 1.54) is 0 Å². The normalized spacial score (nSPS) is 16.7. The summed E-state index contributed by atoms with van der Waals surface area (Å²) in [5.41, 5.74) is 0.991. The zero-order valence-electron chi connectivity index (χ0n) is 19.0. The number of hydrogen-bond acceptors (Lipinski definition) is 5. The number of aliphatic imine (C=N–C) groups is 1. The minimum absolute atomic E-state index is 0.162. The molecule has 1 aromatic carbocycles. The third-order valence-electron chi connectivity index (χ3n) is 5.45. The zero-order valence-corrected chi connectivity index (χ0v) is 19.0. The van der Waals surface area contributed by atoms with Gasteiger partial charge in [0.15, 0.2) is 17.5 Å². The fraction of sp³-hybridized carbons (Fsp3) is 0.591. The average Bonchev–Trinajstić information content (AvgIpc) is 3.11. The van der Waals surface area contributed by atoms with Crippen molar-refractivity contribution in [2.45, 2.75) is 58.5 Å². The highest BCUT2D eigenvalue weighted by atomic mass is 16.5. The predicted molar refractivity (Wildman–Crippen MR) is 119 cm³/mol. The van der Waals surface area contributed by atoms with Gasteiger partial charge in [-0.1, -0.05) is 19.9 Å². The fourth-order valence-corrected chi connectivity index (χ4v) is 3.69. The van der Waals surface area contributed by atoms with Crippen LogP contribution in [0.3, 0.4) is 0 Å². The Labute approximate surface area is 179 Å². The second kappa shape index (κ2) is 9.36. The number of nitrogens with zero attached hydrogens (tertiary/aromatic N) is 4. The molecule has 0 amide bonds. The van der Waals surface area contributed by atoms with Gasteiger partial charge in [-0.3, -0.25) is 4.99 Å². The number of hydrogen-bond donors (Lipinski definition) is 2. The van der Waals surface area contributed by atoms with E-state index in [2.05, 4.69) is 47.6 Å². The number of fused-ring (bicyclic) bond motifs is 1. The average molecular weight is 415 g/mol. The molecular weight excluding hydrogens is 380 g/mol. The lowest BCUT2D eigenvalue weighted by molar-refractivity contribution is 0.353. The molecule has 30 heavy (non-hydrogen) atoms. The summed E-state index contributed by atoms with van der Waals surface area (Å²) in [5, 5.41) is 11.4. The second-order valence-corrected chi connectivity index (χ2v) is 8.29. The molecule has 0 fully saturated rings. The van der Waals surface area contributed by atoms with E-state index in [1.807, 2.05) is 23.7 Å². The predicted octanol–water partition coefficient (Wildman–Crippen LogP) is 2.45. The molecule has 0 saturated heterocycles. The van der Waals surface area contributed by atoms with Crippen molar-refractivity contribution >= 4 is 5.96 Å². The van der Waals surface area contributed by atoms with Crippen LogP contribution in [0, 0.1) is 6.92 Å². The Bertz CT molecular complexity index is 890. The van der Waals surface area contributed by atoms with Crippen LogP contribution in [-0.4, -0.2) is 54.1 Å². The number of aromatic nitrogens is 3. The molecule has 164 valence electrons. The summed E-state index contributed by atoms with van der Waals surface area (Å²) in [4.78, 5) is 9.38. The van der Waals surface area contributed by atoms with Crippen LogP contribution in [-0.2, 0) is 18.4 Å². The molecule has 2 aromatic rings. The molecule has 0 bridgehead atoms. The lowest BCUT2D eigenvalue weighted by Gasteiger charge is -2.27. The summed E-state index contributed by atoms with van der Waals surface area (Å²) in [6, 6.07) is 6.33. The van der Waals surface area contributed by atoms with Crippen molar-refractivity contribution in [2.75, 3.05) is 27.3 Å². The lowest BCUT2D eigenvalue weighted by Crippen LogP contribution is -2.47. The highest BCUT2D eigenvalue weighted by molar-refractivity contribution is 5.80. The van der Waals surface area contributed by atoms with Gasteiger partial charge in [0.25, 0.3) is 0 Å². The minimum Gasteiger partial charge on any atom is -0.493 e. The summed E-state index contributed by atoms with van der Waals surface area (Å²) in [6.45, 7) is 10.6. The van der Waals surface area contributed by atoms with E-state index in [1.54, 1.807) is 14.2 Å². The number of rotatable bonds is 7. The third-order valence-corrected chi connectivity index (χ3v) is 5.45. The summed E-state index contributed by atoms with van der Waals surface area (Å²) >= 11 is 0. The van der Waals surface area contributed by atoms with E-state index in [0.29, 0.717) is 6.54 Å². The number of aryl methyl sites for hydroxylation is 2. The van der Waals surface area contributed by atoms with E-state index >= 15 is 0 Å². The van der Waals surface area contributed by atoms with Crippen molar-refractivity contribution in [3.63, 3.8) is 0 Å². The Balaban J connectivity index is 1.70. The van der Waals surface area contributed by atoms with Crippen LogP contribution in [0.1, 0.15) is 44.4 Å². The van der Waals surface area contributed by atoms with Crippen molar-refractivity contribution in [3.05, 3.63) is 35.4 Å². The van der Waals surface area contributed by atoms with Gasteiger partial charge in [-0.25, -0.2) is 9.67 Å². The van der Waals surface area contributed by atoms with Gasteiger partial charge in [0, 0.05) is 24.4 Å². The second-order valence-electron chi connectivity index (χ2n) is 8.29. The largest absolute Gasteiger partial charge is 0.493 e. The molecule has 2 N–H and O–H groups in total. The summed E-state index contributed by atoms with van der Waals surface area (Å²) in [7, 11) is 3.31. The Morgan fingerprint density at radius 2 is 2.03 bits per heavy atom. The van der Waals surface area contributed by atoms with Gasteiger partial charge in [0.2, 0.25) is 0 Å². The Morgan fingerprint density at radius 1 is 1.27 bits per heavy atom. The van der Waals surface area contributed by atoms with Gasteiger partial charge in [0.05, 0.1) is 27.3 Å². The van der Waals surface area contributed by atoms with E-state index in [9.17, 15) is 0 Å². The van der Waals surface area contributed by atoms with Crippen molar-refractivity contribution < 1.29 is 9.47 Å². The number of ether oxygens (including phenoxy) is 2. The van der Waals surface area contributed by atoms with E-state index in [4.69, 9.17) is 14.5 Å². The van der Waals surface area contributed by atoms with Crippen LogP contribution in [0.5, 0.6) is 11.5 Å². The first-order chi connectivity index (χ1) is 14.4. The fourth-order valence-electron chi connectivity index (χ4n) is 3.69. The van der Waals surface area contributed by atoms with Crippen LogP contribution in [0.25, 0.3) is 0 Å². The molecule has 1 aromatic heterocycles. The van der Waals surface area contributed by atoms with Crippen LogP contribution < -0.4 is 20.1 Å². The first kappa shape index (κ1) is 21.9. The Kier molecular flexibility index (Phi) is 6.84. The molecule has 0 saturated carbocycles. The molecule has 3 rings (SSSR count). The zero-order chi connectivity index (χ0) is 21.7. The van der Waals surface area contributed by atoms with Crippen LogP contribution in [0.4, 0.5) is 0 Å². The monoisotopic (exact) mass is 414 g/mol. The van der Waals surface area contributed by atoms with Gasteiger partial charge in [-0.05, 0) is 38.0 Å². The topological polar surface area (TPSA) is 85.6 Å². The van der Waals surface area contributed by atoms with Crippen molar-refractivity contribution in [2.24, 2.45) is 4.99 Å². The van der Waals surface area contributed by atoms with Gasteiger partial charge >= 0.3 is 0 Å². The molecule has 1 unspecified atom stereocenters. The maximum atomic E-state index is 5.47. The molecule has 0 radical (unpaired) electrons. The van der Waals surface area contributed by atoms with Crippen LogP contribution in [0.15, 0.2) is 23.2 Å². The molecule has 2 heterocycles. The molecule has 1 atom stereocenters. The Hall–Kier alpha value is -2.77. The molecule has 8 heteroatoms. The maximum absolute atomic E-state index is 5.47. The smallest absolute Gasteiger partial charge is 0.191 e. The summed E-state index contributed by atoms with van der Waals surface area (Å²) in [6.07, 6.45) is 1.94. The highest BCUT2D eigenvalue weighted by Gasteiger charge is 2.24. The summed E-state index contributed by atoms with van der Waals surface area (Å²) in [5.74, 6) is 4.20. The highest BCUT2D eigenvalue weighted by Crippen LogP contribution is 2.33. The van der Waals surface area contributed by atoms with Gasteiger partial charge in [-0.2, -0.15) is 5.10 Å². The van der Waals surface area contributed by atoms with E-state index in [-0.39, 0.29) is 11.5 Å². The molecule has 8 nitrogen and oxygen atoms in total. The standard InChI is InChI=1S/C22H34N6O2/c1-7-23-21(26-17-9-11-20-25-15(2)27-28(20)13-17)24-14-22(3,4)16-8-10-18(29-5)19(12-16)30-6/h8,10,12,17H,7,9,11,13-14H2,1-6H3,(H2,23,24,26). The Morgan fingerprint density at radius 3 is 2.73 bits per heavy atom. The molecule has 0 aliphatic carbocycles. The number of benzene rings is 1. The summed E-state index contributed by atoms with van der Waals surface area (Å²) < 4.78 is 12.8. The molecule has 0 spiro atoms. The van der Waals surface area contributed by atoms with Gasteiger partial charge in [0.1, 0.15) is 11.6 Å². The van der Waals surface area contributed by atoms with Crippen molar-refractivity contribution in [3.8, 4) is 11.5 Å². The van der Waals surface area contributed by atoms with Crippen LogP contribution in [0.2, 0.25) is 0 Å². The molecular formula is C22H34N6O2. The first-order valence-electron chi connectivity index (χ1n) is 10.5. The van der Waals surface area contributed by atoms with Crippen LogP contribution >= 0.6 is 0 Å². The quantitative estimate of drug-likeness (QED) is 0.535. The van der Waals surface area contributed by atoms with E-state index < -0.39 is 0 Å². The first-order valence-corrected chi connectivity index (χ1v) is 10.5. The molecule has 1 aliphatic rings. The maximum Gasteiger partial charge on any atom is 0.191 e. The van der Waals surface area contributed by atoms with Crippen molar-refractivity contribution in [1.29, 1.82) is 0 Å². The van der Waals surface area contributed by atoms with E-state index in [0.717, 1.165) is 60.6 Å². The lowest BCUT2D eigenvalue weighted by atomic mass is 9.84. The SMILES string of the molecule is CCNC(=NCC(C)(C)c1ccc(OC)c(OC)c1)NC1CCc2nc(C)nn2C1. The number of nitrogens with one attached hydrogen (secondary N) is 2.